The number of benzene rings is 1. The third kappa shape index (κ3) is 4.61. The molecule has 156 valence electrons. The summed E-state index contributed by atoms with van der Waals surface area (Å²) in [5, 5.41) is 0. The lowest BCUT2D eigenvalue weighted by molar-refractivity contribution is -0.398. The molecule has 0 amide bonds. The van der Waals surface area contributed by atoms with Gasteiger partial charge in [0, 0.05) is 19.1 Å². The third-order valence-corrected chi connectivity index (χ3v) is 3.56. The van der Waals surface area contributed by atoms with Crippen LogP contribution in [0.3, 0.4) is 0 Å². The van der Waals surface area contributed by atoms with E-state index in [9.17, 15) is 39.5 Å². The Kier molecular flexibility index (Phi) is 6.73. The van der Waals surface area contributed by atoms with Crippen molar-refractivity contribution in [1.82, 2.24) is 0 Å². The van der Waals surface area contributed by atoms with Crippen LogP contribution in [0.2, 0.25) is 0 Å². The normalized spacial score (nSPS) is 15.1. The molecule has 0 saturated carbocycles. The summed E-state index contributed by atoms with van der Waals surface area (Å²) in [7, 11) is 0.826. The molecule has 0 saturated heterocycles. The fourth-order valence-corrected chi connectivity index (χ4v) is 2.20. The number of rotatable bonds is 8. The monoisotopic (exact) mass is 412 g/mol. The van der Waals surface area contributed by atoms with Crippen molar-refractivity contribution >= 4 is 0 Å². The molecule has 0 N–H and O–H groups in total. The molecule has 1 atom stereocenters. The predicted molar refractivity (Wildman–Crippen MR) is 77.5 cm³/mol. The van der Waals surface area contributed by atoms with E-state index < -0.39 is 42.6 Å². The second-order valence-electron chi connectivity index (χ2n) is 5.98. The van der Waals surface area contributed by atoms with Gasteiger partial charge in [-0.3, -0.25) is 0 Å². The van der Waals surface area contributed by atoms with Gasteiger partial charge in [-0.15, -0.1) is 0 Å². The van der Waals surface area contributed by atoms with Gasteiger partial charge in [0.2, 0.25) is 0 Å². The summed E-state index contributed by atoms with van der Waals surface area (Å²) in [6.45, 7) is 3.15. The van der Waals surface area contributed by atoms with Gasteiger partial charge in [-0.2, -0.15) is 39.5 Å². The minimum Gasteiger partial charge on any atom is -0.491 e. The number of methoxy groups -OCH3 is 1. The summed E-state index contributed by atoms with van der Waals surface area (Å²) >= 11 is 0. The van der Waals surface area contributed by atoms with Crippen molar-refractivity contribution in [1.29, 1.82) is 0 Å². The number of para-hydroxylation sites is 1. The molecule has 0 bridgehead atoms. The van der Waals surface area contributed by atoms with Crippen LogP contribution in [-0.2, 0) is 4.74 Å². The van der Waals surface area contributed by atoms with Gasteiger partial charge in [-0.05, 0) is 19.9 Å². The van der Waals surface area contributed by atoms with Gasteiger partial charge in [0.25, 0.3) is 0 Å². The second kappa shape index (κ2) is 7.76. The number of halogens is 9. The Bertz CT molecular complexity index is 627. The van der Waals surface area contributed by atoms with Crippen LogP contribution in [0, 0.1) is 0 Å². The Hall–Kier alpha value is -1.65. The van der Waals surface area contributed by atoms with Crippen molar-refractivity contribution in [2.24, 2.45) is 0 Å². The summed E-state index contributed by atoms with van der Waals surface area (Å²) in [6, 6.07) is 5.19. The van der Waals surface area contributed by atoms with Gasteiger partial charge in [0.05, 0.1) is 12.2 Å². The maximum absolute atomic E-state index is 13.9. The first-order valence-electron chi connectivity index (χ1n) is 7.57. The van der Waals surface area contributed by atoms with Crippen LogP contribution in [0.4, 0.5) is 39.5 Å². The van der Waals surface area contributed by atoms with Crippen molar-refractivity contribution in [3.05, 3.63) is 29.8 Å². The highest BCUT2D eigenvalue weighted by Crippen LogP contribution is 2.55. The van der Waals surface area contributed by atoms with Crippen LogP contribution >= 0.6 is 0 Å². The molecular formula is C16H17F9O2. The van der Waals surface area contributed by atoms with Crippen LogP contribution in [0.1, 0.15) is 31.9 Å². The van der Waals surface area contributed by atoms with E-state index in [0.717, 1.165) is 13.2 Å². The molecule has 0 spiro atoms. The molecule has 0 aromatic heterocycles. The molecule has 1 unspecified atom stereocenters. The van der Waals surface area contributed by atoms with Crippen molar-refractivity contribution in [3.63, 3.8) is 0 Å². The zero-order valence-corrected chi connectivity index (χ0v) is 14.4. The van der Waals surface area contributed by atoms with E-state index in [1.807, 2.05) is 0 Å². The Balaban J connectivity index is 3.27. The van der Waals surface area contributed by atoms with Crippen LogP contribution < -0.4 is 4.74 Å². The van der Waals surface area contributed by atoms with Gasteiger partial charge in [-0.25, -0.2) is 0 Å². The van der Waals surface area contributed by atoms with Crippen molar-refractivity contribution < 1.29 is 49.0 Å². The van der Waals surface area contributed by atoms with Gasteiger partial charge >= 0.3 is 23.9 Å². The Morgan fingerprint density at radius 1 is 0.852 bits per heavy atom. The van der Waals surface area contributed by atoms with E-state index in [2.05, 4.69) is 4.74 Å². The number of ether oxygens (including phenoxy) is 2. The molecule has 2 nitrogen and oxygen atoms in total. The van der Waals surface area contributed by atoms with Gasteiger partial charge in [-0.1, -0.05) is 18.2 Å². The molecule has 1 rings (SSSR count). The van der Waals surface area contributed by atoms with E-state index in [1.54, 1.807) is 13.8 Å². The Morgan fingerprint density at radius 3 is 1.81 bits per heavy atom. The van der Waals surface area contributed by atoms with Crippen LogP contribution in [-0.4, -0.2) is 37.2 Å². The van der Waals surface area contributed by atoms with Crippen molar-refractivity contribution in [2.45, 2.75) is 56.4 Å². The first-order chi connectivity index (χ1) is 12.1. The van der Waals surface area contributed by atoms with E-state index in [0.29, 0.717) is 0 Å². The molecule has 0 heterocycles. The van der Waals surface area contributed by atoms with Crippen LogP contribution in [0.15, 0.2) is 24.3 Å². The summed E-state index contributed by atoms with van der Waals surface area (Å²) in [5.74, 6) is -19.4. The van der Waals surface area contributed by atoms with E-state index in [-0.39, 0.29) is 11.3 Å². The average Bonchev–Trinajstić information content (AvgIpc) is 2.51. The molecule has 0 fully saturated rings. The lowest BCUT2D eigenvalue weighted by Crippen LogP contribution is -2.61. The molecule has 0 aliphatic heterocycles. The molecular weight excluding hydrogens is 395 g/mol. The second-order valence-corrected chi connectivity index (χ2v) is 5.98. The molecule has 27 heavy (non-hydrogen) atoms. The van der Waals surface area contributed by atoms with Gasteiger partial charge < -0.3 is 9.47 Å². The predicted octanol–water partition coefficient (Wildman–Crippen LogP) is 6.02. The van der Waals surface area contributed by atoms with E-state index in [1.165, 1.54) is 18.2 Å². The molecule has 0 aliphatic carbocycles. The lowest BCUT2D eigenvalue weighted by atomic mass is 9.94. The maximum atomic E-state index is 13.9. The highest BCUT2D eigenvalue weighted by molar-refractivity contribution is 5.35. The molecule has 11 heteroatoms. The number of hydrogen-bond acceptors (Lipinski definition) is 2. The Labute approximate surface area is 149 Å². The van der Waals surface area contributed by atoms with Crippen LogP contribution in [0.5, 0.6) is 5.75 Å². The summed E-state index contributed by atoms with van der Waals surface area (Å²) in [5.41, 5.74) is -0.195. The summed E-state index contributed by atoms with van der Waals surface area (Å²) in [6.07, 6.45) is -11.4. The highest BCUT2D eigenvalue weighted by atomic mass is 19.4. The smallest absolute Gasteiger partial charge is 0.460 e. The average molecular weight is 412 g/mol. The van der Waals surface area contributed by atoms with Crippen molar-refractivity contribution in [2.75, 3.05) is 7.11 Å². The minimum atomic E-state index is -6.93. The fraction of sp³-hybridized carbons (Fsp3) is 0.625. The molecule has 1 aromatic rings. The maximum Gasteiger partial charge on any atom is 0.460 e. The number of hydrogen-bond donors (Lipinski definition) is 0. The molecule has 0 aliphatic rings. The zero-order valence-electron chi connectivity index (χ0n) is 14.4. The quantitative estimate of drug-likeness (QED) is 0.486. The first-order valence-corrected chi connectivity index (χ1v) is 7.57. The molecule has 1 aromatic carbocycles. The highest BCUT2D eigenvalue weighted by Gasteiger charge is 2.81. The minimum absolute atomic E-state index is 0.0546. The number of alkyl halides is 9. The fourth-order valence-electron chi connectivity index (χ4n) is 2.20. The first kappa shape index (κ1) is 23.4. The van der Waals surface area contributed by atoms with Gasteiger partial charge in [0.1, 0.15) is 5.75 Å². The van der Waals surface area contributed by atoms with E-state index in [4.69, 9.17) is 4.74 Å². The summed E-state index contributed by atoms with van der Waals surface area (Å²) < 4.78 is 127. The van der Waals surface area contributed by atoms with Gasteiger partial charge in [0.15, 0.2) is 0 Å². The molecule has 0 radical (unpaired) electrons. The standard InChI is InChI=1S/C16H17F9O2/c1-9(2)27-11-7-5-4-6-10(11)12(26-3)8-13(17,18)14(19,20)15(21,22)16(23,24)25/h4-7,9,12H,8H2,1-3H3. The summed E-state index contributed by atoms with van der Waals surface area (Å²) in [4.78, 5) is 0. The zero-order chi connectivity index (χ0) is 21.3. The van der Waals surface area contributed by atoms with Crippen LogP contribution in [0.25, 0.3) is 0 Å². The van der Waals surface area contributed by atoms with Crippen molar-refractivity contribution in [3.8, 4) is 5.75 Å². The lowest BCUT2D eigenvalue weighted by Gasteiger charge is -2.35. The van der Waals surface area contributed by atoms with E-state index >= 15 is 0 Å². The topological polar surface area (TPSA) is 18.5 Å². The Morgan fingerprint density at radius 2 is 1.37 bits per heavy atom. The largest absolute Gasteiger partial charge is 0.491 e. The third-order valence-electron chi connectivity index (χ3n) is 3.56. The SMILES string of the molecule is COC(CC(F)(F)C(F)(F)C(F)(F)C(F)(F)F)c1ccccc1OC(C)C.